The lowest BCUT2D eigenvalue weighted by atomic mass is 10.2. The topological polar surface area (TPSA) is 37.8 Å². The maximum Gasteiger partial charge on any atom is 0.133 e. The molecule has 0 unspecified atom stereocenters. The number of hydrogen-bond donors (Lipinski definition) is 1. The molecule has 20 heavy (non-hydrogen) atoms. The number of aryl methyl sites for hydroxylation is 1. The first-order valence-electron chi connectivity index (χ1n) is 7.06. The van der Waals surface area contributed by atoms with Gasteiger partial charge in [0.05, 0.1) is 0 Å². The van der Waals surface area contributed by atoms with E-state index in [9.17, 15) is 0 Å². The van der Waals surface area contributed by atoms with Gasteiger partial charge in [-0.15, -0.1) is 0 Å². The highest BCUT2D eigenvalue weighted by atomic mass is 32.2. The van der Waals surface area contributed by atoms with Crippen molar-refractivity contribution in [2.45, 2.75) is 43.5 Å². The van der Waals surface area contributed by atoms with Gasteiger partial charge in [0.1, 0.15) is 17.2 Å². The van der Waals surface area contributed by atoms with E-state index in [1.54, 1.807) is 18.1 Å². The molecule has 0 aliphatic carbocycles. The summed E-state index contributed by atoms with van der Waals surface area (Å²) in [6.07, 6.45) is 3.67. The molecule has 0 saturated heterocycles. The highest BCUT2D eigenvalue weighted by Crippen LogP contribution is 2.31. The van der Waals surface area contributed by atoms with Gasteiger partial charge in [-0.25, -0.2) is 9.97 Å². The van der Waals surface area contributed by atoms with Crippen LogP contribution in [0.5, 0.6) is 0 Å². The molecule has 0 spiro atoms. The first-order valence-corrected chi connectivity index (χ1v) is 7.88. The van der Waals surface area contributed by atoms with Crippen LogP contribution in [0.1, 0.15) is 31.4 Å². The predicted octanol–water partition coefficient (Wildman–Crippen LogP) is 4.32. The summed E-state index contributed by atoms with van der Waals surface area (Å²) in [6, 6.07) is 8.50. The Bertz CT molecular complexity index is 569. The summed E-state index contributed by atoms with van der Waals surface area (Å²) in [4.78, 5) is 10.0. The Hall–Kier alpha value is -1.55. The molecule has 4 heteroatoms. The van der Waals surface area contributed by atoms with Crippen molar-refractivity contribution in [1.29, 1.82) is 0 Å². The highest BCUT2D eigenvalue weighted by molar-refractivity contribution is 7.99. The number of benzene rings is 1. The Morgan fingerprint density at radius 2 is 2.05 bits per heavy atom. The number of rotatable bonds is 6. The van der Waals surface area contributed by atoms with Gasteiger partial charge in [-0.2, -0.15) is 0 Å². The number of aromatic nitrogens is 2. The van der Waals surface area contributed by atoms with Crippen molar-refractivity contribution in [1.82, 2.24) is 9.97 Å². The number of nitrogens with one attached hydrogen (secondary N) is 1. The Morgan fingerprint density at radius 3 is 2.75 bits per heavy atom. The van der Waals surface area contributed by atoms with Crippen molar-refractivity contribution in [3.8, 4) is 0 Å². The monoisotopic (exact) mass is 287 g/mol. The Balaban J connectivity index is 2.26. The smallest absolute Gasteiger partial charge is 0.133 e. The van der Waals surface area contributed by atoms with Gasteiger partial charge >= 0.3 is 0 Å². The van der Waals surface area contributed by atoms with Crippen molar-refractivity contribution >= 4 is 17.6 Å². The van der Waals surface area contributed by atoms with Gasteiger partial charge in [0.2, 0.25) is 0 Å². The largest absolute Gasteiger partial charge is 0.370 e. The van der Waals surface area contributed by atoms with Crippen molar-refractivity contribution < 1.29 is 0 Å². The SMILES string of the molecule is CCCNc1ncnc(Sc2cccc(C)c2)c1CC. The summed E-state index contributed by atoms with van der Waals surface area (Å²) in [5.74, 6) is 0.972. The molecule has 1 heterocycles. The van der Waals surface area contributed by atoms with Crippen LogP contribution < -0.4 is 5.32 Å². The fourth-order valence-electron chi connectivity index (χ4n) is 1.99. The van der Waals surface area contributed by atoms with Crippen LogP contribution in [0.2, 0.25) is 0 Å². The average Bonchev–Trinajstić information content (AvgIpc) is 2.45. The van der Waals surface area contributed by atoms with Gasteiger partial charge in [-0.3, -0.25) is 0 Å². The maximum atomic E-state index is 4.46. The zero-order valence-corrected chi connectivity index (χ0v) is 13.1. The molecule has 0 atom stereocenters. The van der Waals surface area contributed by atoms with Crippen LogP contribution in [0.25, 0.3) is 0 Å². The molecule has 2 aromatic rings. The van der Waals surface area contributed by atoms with Crippen molar-refractivity contribution in [2.75, 3.05) is 11.9 Å². The maximum absolute atomic E-state index is 4.46. The Kier molecular flexibility index (Phi) is 5.41. The minimum absolute atomic E-state index is 0.932. The van der Waals surface area contributed by atoms with E-state index in [0.717, 1.165) is 30.2 Å². The lowest BCUT2D eigenvalue weighted by Gasteiger charge is -2.12. The average molecular weight is 287 g/mol. The number of hydrogen-bond acceptors (Lipinski definition) is 4. The summed E-state index contributed by atoms with van der Waals surface area (Å²) < 4.78 is 0. The quantitative estimate of drug-likeness (QED) is 0.803. The molecule has 0 fully saturated rings. The van der Waals surface area contributed by atoms with E-state index in [1.165, 1.54) is 16.0 Å². The lowest BCUT2D eigenvalue weighted by Crippen LogP contribution is -2.06. The van der Waals surface area contributed by atoms with Gasteiger partial charge in [0.15, 0.2) is 0 Å². The Morgan fingerprint density at radius 1 is 1.20 bits per heavy atom. The molecular formula is C16H21N3S. The molecule has 1 N–H and O–H groups in total. The van der Waals surface area contributed by atoms with E-state index in [-0.39, 0.29) is 0 Å². The van der Waals surface area contributed by atoms with Crippen LogP contribution in [-0.4, -0.2) is 16.5 Å². The summed E-state index contributed by atoms with van der Waals surface area (Å²) >= 11 is 1.71. The van der Waals surface area contributed by atoms with Crippen molar-refractivity contribution in [3.05, 3.63) is 41.7 Å². The summed E-state index contributed by atoms with van der Waals surface area (Å²) in [7, 11) is 0. The lowest BCUT2D eigenvalue weighted by molar-refractivity contribution is 0.911. The molecule has 106 valence electrons. The number of anilines is 1. The van der Waals surface area contributed by atoms with Crippen molar-refractivity contribution in [2.24, 2.45) is 0 Å². The minimum Gasteiger partial charge on any atom is -0.370 e. The van der Waals surface area contributed by atoms with E-state index in [1.807, 2.05) is 0 Å². The normalized spacial score (nSPS) is 10.6. The fourth-order valence-corrected chi connectivity index (χ4v) is 3.07. The van der Waals surface area contributed by atoms with Gasteiger partial charge < -0.3 is 5.32 Å². The molecule has 0 aliphatic heterocycles. The standard InChI is InChI=1S/C16H21N3S/c1-4-9-17-15-14(5-2)16(19-11-18-15)20-13-8-6-7-12(3)10-13/h6-8,10-11H,4-5,9H2,1-3H3,(H,17,18,19). The van der Waals surface area contributed by atoms with Crippen LogP contribution in [0.4, 0.5) is 5.82 Å². The van der Waals surface area contributed by atoms with E-state index in [2.05, 4.69) is 60.3 Å². The predicted molar refractivity (Wildman–Crippen MR) is 85.5 cm³/mol. The van der Waals surface area contributed by atoms with E-state index >= 15 is 0 Å². The summed E-state index contributed by atoms with van der Waals surface area (Å²) in [5.41, 5.74) is 2.47. The van der Waals surface area contributed by atoms with Gasteiger partial charge in [0, 0.05) is 17.0 Å². The molecule has 2 rings (SSSR count). The molecule has 0 aliphatic rings. The first-order chi connectivity index (χ1) is 9.74. The molecule has 1 aromatic heterocycles. The van der Waals surface area contributed by atoms with Gasteiger partial charge in [-0.1, -0.05) is 43.3 Å². The molecule has 0 bridgehead atoms. The molecule has 0 amide bonds. The second-order valence-electron chi connectivity index (χ2n) is 4.70. The zero-order valence-electron chi connectivity index (χ0n) is 12.3. The minimum atomic E-state index is 0.932. The van der Waals surface area contributed by atoms with E-state index in [4.69, 9.17) is 0 Å². The van der Waals surface area contributed by atoms with Crippen molar-refractivity contribution in [3.63, 3.8) is 0 Å². The molecular weight excluding hydrogens is 266 g/mol. The third kappa shape index (κ3) is 3.73. The third-order valence-electron chi connectivity index (χ3n) is 3.01. The first kappa shape index (κ1) is 14.9. The molecule has 0 saturated carbocycles. The molecule has 0 radical (unpaired) electrons. The van der Waals surface area contributed by atoms with E-state index < -0.39 is 0 Å². The van der Waals surface area contributed by atoms with Crippen LogP contribution in [0.15, 0.2) is 40.5 Å². The summed E-state index contributed by atoms with van der Waals surface area (Å²) in [6.45, 7) is 7.36. The second-order valence-corrected chi connectivity index (χ2v) is 5.77. The molecule has 3 nitrogen and oxygen atoms in total. The van der Waals surface area contributed by atoms with Crippen LogP contribution in [-0.2, 0) is 6.42 Å². The molecule has 1 aromatic carbocycles. The number of nitrogens with zero attached hydrogens (tertiary/aromatic N) is 2. The Labute approximate surface area is 125 Å². The zero-order chi connectivity index (χ0) is 14.4. The van der Waals surface area contributed by atoms with E-state index in [0.29, 0.717) is 0 Å². The highest BCUT2D eigenvalue weighted by Gasteiger charge is 2.10. The van der Waals surface area contributed by atoms with Gasteiger partial charge in [-0.05, 0) is 31.9 Å². The fraction of sp³-hybridized carbons (Fsp3) is 0.375. The second kappa shape index (κ2) is 7.29. The van der Waals surface area contributed by atoms with Crippen LogP contribution >= 0.6 is 11.8 Å². The summed E-state index contributed by atoms with van der Waals surface area (Å²) in [5, 5.41) is 4.43. The van der Waals surface area contributed by atoms with Crippen LogP contribution in [0.3, 0.4) is 0 Å². The van der Waals surface area contributed by atoms with Crippen LogP contribution in [0, 0.1) is 6.92 Å². The van der Waals surface area contributed by atoms with Gasteiger partial charge in [0.25, 0.3) is 0 Å². The third-order valence-corrected chi connectivity index (χ3v) is 4.04.